The third-order valence-corrected chi connectivity index (χ3v) is 2.59. The van der Waals surface area contributed by atoms with Gasteiger partial charge in [-0.3, -0.25) is 0 Å². The lowest BCUT2D eigenvalue weighted by Gasteiger charge is -2.24. The number of hydrogen-bond donors (Lipinski definition) is 1. The molecule has 1 N–H and O–H groups in total. The predicted octanol–water partition coefficient (Wildman–Crippen LogP) is 2.34. The van der Waals surface area contributed by atoms with E-state index in [0.717, 1.165) is 6.42 Å². The van der Waals surface area contributed by atoms with E-state index in [4.69, 9.17) is 4.74 Å². The Morgan fingerprint density at radius 1 is 1.33 bits per heavy atom. The Balaban J connectivity index is 2.32. The van der Waals surface area contributed by atoms with Crippen molar-refractivity contribution in [3.63, 3.8) is 0 Å². The Morgan fingerprint density at radius 3 is 2.53 bits per heavy atom. The molecule has 0 saturated heterocycles. The van der Waals surface area contributed by atoms with Crippen LogP contribution in [-0.4, -0.2) is 11.7 Å². The average molecular weight is 208 g/mol. The van der Waals surface area contributed by atoms with Crippen LogP contribution in [-0.2, 0) is 10.3 Å². The fraction of sp³-hybridized carbons (Fsp3) is 0.333. The smallest absolute Gasteiger partial charge is 0.143 e. The summed E-state index contributed by atoms with van der Waals surface area (Å²) in [6.07, 6.45) is 2.68. The molecule has 1 aliphatic heterocycles. The Morgan fingerprint density at radius 2 is 2.00 bits per heavy atom. The van der Waals surface area contributed by atoms with Crippen LogP contribution in [0.5, 0.6) is 0 Å². The van der Waals surface area contributed by atoms with Crippen LogP contribution in [0.4, 0.5) is 4.39 Å². The van der Waals surface area contributed by atoms with E-state index in [0.29, 0.717) is 17.9 Å². The first kappa shape index (κ1) is 10.2. The molecule has 1 aliphatic rings. The molecule has 0 saturated carbocycles. The third-order valence-electron chi connectivity index (χ3n) is 2.59. The highest BCUT2D eigenvalue weighted by Gasteiger charge is 2.31. The first-order valence-electron chi connectivity index (χ1n) is 4.92. The van der Waals surface area contributed by atoms with E-state index in [1.54, 1.807) is 19.1 Å². The lowest BCUT2D eigenvalue weighted by Crippen LogP contribution is -2.24. The van der Waals surface area contributed by atoms with Crippen molar-refractivity contribution in [2.75, 3.05) is 6.61 Å². The summed E-state index contributed by atoms with van der Waals surface area (Å²) >= 11 is 0. The molecule has 3 heteroatoms. The minimum atomic E-state index is -1.16. The monoisotopic (exact) mass is 208 g/mol. The largest absolute Gasteiger partial charge is 0.495 e. The zero-order valence-corrected chi connectivity index (χ0v) is 8.53. The molecule has 0 radical (unpaired) electrons. The summed E-state index contributed by atoms with van der Waals surface area (Å²) in [6.45, 7) is 2.25. The Bertz CT molecular complexity index is 379. The highest BCUT2D eigenvalue weighted by Crippen LogP contribution is 2.32. The Hall–Kier alpha value is -1.35. The third kappa shape index (κ3) is 1.88. The maximum absolute atomic E-state index is 12.7. The van der Waals surface area contributed by atoms with Gasteiger partial charge in [0.05, 0.1) is 6.61 Å². The van der Waals surface area contributed by atoms with Gasteiger partial charge in [-0.25, -0.2) is 4.39 Å². The van der Waals surface area contributed by atoms with Gasteiger partial charge >= 0.3 is 0 Å². The van der Waals surface area contributed by atoms with E-state index in [2.05, 4.69) is 0 Å². The fourth-order valence-electron chi connectivity index (χ4n) is 1.67. The predicted molar refractivity (Wildman–Crippen MR) is 54.6 cm³/mol. The van der Waals surface area contributed by atoms with Crippen molar-refractivity contribution in [3.8, 4) is 0 Å². The number of aliphatic hydroxyl groups is 1. The van der Waals surface area contributed by atoms with Gasteiger partial charge in [-0.05, 0) is 30.7 Å². The second-order valence-electron chi connectivity index (χ2n) is 3.78. The minimum Gasteiger partial charge on any atom is -0.495 e. The van der Waals surface area contributed by atoms with E-state index >= 15 is 0 Å². The summed E-state index contributed by atoms with van der Waals surface area (Å²) in [5.74, 6) is 0.241. The van der Waals surface area contributed by atoms with Gasteiger partial charge in [-0.2, -0.15) is 0 Å². The second kappa shape index (κ2) is 3.66. The van der Waals surface area contributed by atoms with Gasteiger partial charge in [0.1, 0.15) is 17.2 Å². The van der Waals surface area contributed by atoms with Crippen molar-refractivity contribution < 1.29 is 14.2 Å². The molecule has 1 heterocycles. The molecule has 1 aromatic rings. The molecule has 2 nitrogen and oxygen atoms in total. The van der Waals surface area contributed by atoms with Gasteiger partial charge in [0.15, 0.2) is 0 Å². The topological polar surface area (TPSA) is 29.5 Å². The fourth-order valence-corrected chi connectivity index (χ4v) is 1.67. The number of hydrogen-bond acceptors (Lipinski definition) is 2. The van der Waals surface area contributed by atoms with Crippen LogP contribution >= 0.6 is 0 Å². The lowest BCUT2D eigenvalue weighted by atomic mass is 9.94. The molecular formula is C12H13FO2. The number of rotatable bonds is 2. The SMILES string of the molecule is CC(O)(C1=CCCO1)c1ccc(F)cc1. The molecule has 1 aromatic carbocycles. The van der Waals surface area contributed by atoms with E-state index in [1.807, 2.05) is 6.08 Å². The van der Waals surface area contributed by atoms with E-state index in [1.165, 1.54) is 12.1 Å². The first-order chi connectivity index (χ1) is 7.10. The summed E-state index contributed by atoms with van der Waals surface area (Å²) in [5, 5.41) is 10.3. The number of ether oxygens (including phenoxy) is 1. The van der Waals surface area contributed by atoms with Crippen molar-refractivity contribution in [1.29, 1.82) is 0 Å². The summed E-state index contributed by atoms with van der Waals surface area (Å²) < 4.78 is 18.0. The molecule has 1 atom stereocenters. The van der Waals surface area contributed by atoms with Crippen LogP contribution in [0.15, 0.2) is 36.1 Å². The first-order valence-corrected chi connectivity index (χ1v) is 4.92. The van der Waals surface area contributed by atoms with E-state index < -0.39 is 5.60 Å². The van der Waals surface area contributed by atoms with Crippen molar-refractivity contribution in [1.82, 2.24) is 0 Å². The number of benzene rings is 1. The minimum absolute atomic E-state index is 0.309. The zero-order chi connectivity index (χ0) is 10.9. The molecular weight excluding hydrogens is 195 g/mol. The Labute approximate surface area is 88.0 Å². The molecule has 80 valence electrons. The van der Waals surface area contributed by atoms with Gasteiger partial charge in [0.2, 0.25) is 0 Å². The quantitative estimate of drug-likeness (QED) is 0.808. The average Bonchev–Trinajstić information content (AvgIpc) is 2.71. The van der Waals surface area contributed by atoms with Gasteiger partial charge in [0, 0.05) is 6.42 Å². The van der Waals surface area contributed by atoms with E-state index in [-0.39, 0.29) is 5.82 Å². The molecule has 0 amide bonds. The normalized spacial score (nSPS) is 19.3. The maximum atomic E-state index is 12.7. The van der Waals surface area contributed by atoms with Gasteiger partial charge < -0.3 is 9.84 Å². The van der Waals surface area contributed by atoms with Crippen molar-refractivity contribution in [2.45, 2.75) is 18.9 Å². The van der Waals surface area contributed by atoms with Crippen LogP contribution in [0.1, 0.15) is 18.9 Å². The second-order valence-corrected chi connectivity index (χ2v) is 3.78. The van der Waals surface area contributed by atoms with Crippen LogP contribution in [0.3, 0.4) is 0 Å². The maximum Gasteiger partial charge on any atom is 0.143 e. The highest BCUT2D eigenvalue weighted by atomic mass is 19.1. The zero-order valence-electron chi connectivity index (χ0n) is 8.53. The van der Waals surface area contributed by atoms with Crippen LogP contribution in [0.2, 0.25) is 0 Å². The molecule has 1 unspecified atom stereocenters. The molecule has 2 rings (SSSR count). The number of halogens is 1. The van der Waals surface area contributed by atoms with E-state index in [9.17, 15) is 9.50 Å². The van der Waals surface area contributed by atoms with Crippen LogP contribution < -0.4 is 0 Å². The molecule has 0 spiro atoms. The Kier molecular flexibility index (Phi) is 2.49. The van der Waals surface area contributed by atoms with Crippen LogP contribution in [0.25, 0.3) is 0 Å². The molecule has 15 heavy (non-hydrogen) atoms. The molecule has 0 bridgehead atoms. The van der Waals surface area contributed by atoms with Gasteiger partial charge in [-0.1, -0.05) is 12.1 Å². The van der Waals surface area contributed by atoms with Crippen LogP contribution in [0, 0.1) is 5.82 Å². The molecule has 0 fully saturated rings. The van der Waals surface area contributed by atoms with Crippen molar-refractivity contribution >= 4 is 0 Å². The highest BCUT2D eigenvalue weighted by molar-refractivity contribution is 5.30. The summed E-state index contributed by atoms with van der Waals surface area (Å²) in [4.78, 5) is 0. The van der Waals surface area contributed by atoms with Crippen molar-refractivity contribution in [3.05, 3.63) is 47.5 Å². The summed E-state index contributed by atoms with van der Waals surface area (Å²) in [6, 6.07) is 5.80. The molecule has 0 aromatic heterocycles. The van der Waals surface area contributed by atoms with Gasteiger partial charge in [-0.15, -0.1) is 0 Å². The van der Waals surface area contributed by atoms with Crippen molar-refractivity contribution in [2.24, 2.45) is 0 Å². The van der Waals surface area contributed by atoms with Gasteiger partial charge in [0.25, 0.3) is 0 Å². The standard InChI is InChI=1S/C12H13FO2/c1-12(14,11-3-2-8-15-11)9-4-6-10(13)7-5-9/h3-7,14H,2,8H2,1H3. The summed E-state index contributed by atoms with van der Waals surface area (Å²) in [7, 11) is 0. The summed E-state index contributed by atoms with van der Waals surface area (Å²) in [5.41, 5.74) is -0.526. The lowest BCUT2D eigenvalue weighted by molar-refractivity contribution is 0.0317. The molecule has 0 aliphatic carbocycles.